The molecule has 5 heteroatoms. The van der Waals surface area contributed by atoms with Gasteiger partial charge in [-0.1, -0.05) is 6.07 Å². The molecule has 0 amide bonds. The first kappa shape index (κ1) is 14.4. The summed E-state index contributed by atoms with van der Waals surface area (Å²) in [5.74, 6) is -1.01. The molecule has 0 saturated heterocycles. The number of carbonyl (C=O) groups excluding carboxylic acids is 1. The molecule has 0 aliphatic rings. The van der Waals surface area contributed by atoms with Crippen LogP contribution in [0, 0.1) is 5.82 Å². The Bertz CT molecular complexity index is 429. The predicted molar refractivity (Wildman–Crippen MR) is 63.8 cm³/mol. The van der Waals surface area contributed by atoms with Crippen LogP contribution in [0.2, 0.25) is 0 Å². The van der Waals surface area contributed by atoms with Crippen molar-refractivity contribution in [2.75, 3.05) is 13.7 Å². The number of rotatable bonds is 5. The summed E-state index contributed by atoms with van der Waals surface area (Å²) >= 11 is 0. The average Bonchev–Trinajstić information content (AvgIpc) is 2.27. The molecule has 0 aliphatic carbocycles. The van der Waals surface area contributed by atoms with E-state index in [-0.39, 0.29) is 24.3 Å². The highest BCUT2D eigenvalue weighted by molar-refractivity contribution is 5.71. The van der Waals surface area contributed by atoms with Gasteiger partial charge >= 0.3 is 5.97 Å². The third-order valence-electron chi connectivity index (χ3n) is 2.53. The second-order valence-corrected chi connectivity index (χ2v) is 4.07. The van der Waals surface area contributed by atoms with Crippen molar-refractivity contribution >= 4 is 5.97 Å². The number of hydrogen-bond donors (Lipinski definition) is 1. The number of ether oxygens (including phenoxy) is 2. The molecule has 0 heterocycles. The molecule has 0 aliphatic heterocycles. The summed E-state index contributed by atoms with van der Waals surface area (Å²) in [6, 6.07) is 4.20. The van der Waals surface area contributed by atoms with Crippen molar-refractivity contribution in [3.05, 3.63) is 29.6 Å². The van der Waals surface area contributed by atoms with Gasteiger partial charge in [0.2, 0.25) is 0 Å². The van der Waals surface area contributed by atoms with Crippen LogP contribution in [0.5, 0.6) is 5.75 Å². The Balaban J connectivity index is 3.07. The largest absolute Gasteiger partial charge is 0.496 e. The number of esters is 1. The maximum atomic E-state index is 13.8. The number of benzene rings is 1. The van der Waals surface area contributed by atoms with Gasteiger partial charge in [-0.2, -0.15) is 0 Å². The van der Waals surface area contributed by atoms with E-state index in [1.165, 1.54) is 32.2 Å². The standard InChI is InChI=1S/C13H17FO4/c1-4-18-11(15)8-13(2,16)12-9(14)6-5-7-10(12)17-3/h5-7,16H,4,8H2,1-3H3. The number of aliphatic hydroxyl groups is 1. The fourth-order valence-electron chi connectivity index (χ4n) is 1.78. The van der Waals surface area contributed by atoms with Gasteiger partial charge in [0.25, 0.3) is 0 Å². The fourth-order valence-corrected chi connectivity index (χ4v) is 1.78. The monoisotopic (exact) mass is 256 g/mol. The lowest BCUT2D eigenvalue weighted by Crippen LogP contribution is -2.28. The summed E-state index contributed by atoms with van der Waals surface area (Å²) in [5.41, 5.74) is -1.72. The number of methoxy groups -OCH3 is 1. The van der Waals surface area contributed by atoms with Crippen molar-refractivity contribution in [2.24, 2.45) is 0 Å². The highest BCUT2D eigenvalue weighted by atomic mass is 19.1. The van der Waals surface area contributed by atoms with E-state index in [1.807, 2.05) is 0 Å². The molecule has 0 saturated carbocycles. The molecule has 18 heavy (non-hydrogen) atoms. The maximum absolute atomic E-state index is 13.8. The van der Waals surface area contributed by atoms with E-state index in [2.05, 4.69) is 0 Å². The molecular weight excluding hydrogens is 239 g/mol. The van der Waals surface area contributed by atoms with Crippen molar-refractivity contribution in [1.82, 2.24) is 0 Å². The lowest BCUT2D eigenvalue weighted by molar-refractivity contribution is -0.148. The quantitative estimate of drug-likeness (QED) is 0.819. The van der Waals surface area contributed by atoms with Gasteiger partial charge in [0.1, 0.15) is 17.2 Å². The zero-order chi connectivity index (χ0) is 13.8. The van der Waals surface area contributed by atoms with Crippen molar-refractivity contribution in [2.45, 2.75) is 25.9 Å². The van der Waals surface area contributed by atoms with E-state index in [9.17, 15) is 14.3 Å². The van der Waals surface area contributed by atoms with E-state index in [0.29, 0.717) is 0 Å². The van der Waals surface area contributed by atoms with Crippen LogP contribution in [0.4, 0.5) is 4.39 Å². The molecule has 100 valence electrons. The first-order chi connectivity index (χ1) is 8.42. The first-order valence-electron chi connectivity index (χ1n) is 5.63. The number of hydrogen-bond acceptors (Lipinski definition) is 4. The summed E-state index contributed by atoms with van der Waals surface area (Å²) in [6.07, 6.45) is -0.335. The van der Waals surface area contributed by atoms with Gasteiger partial charge in [-0.25, -0.2) is 4.39 Å². The molecule has 1 aromatic carbocycles. The summed E-state index contributed by atoms with van der Waals surface area (Å²) in [5, 5.41) is 10.3. The van der Waals surface area contributed by atoms with Crippen LogP contribution in [0.15, 0.2) is 18.2 Å². The maximum Gasteiger partial charge on any atom is 0.309 e. The van der Waals surface area contributed by atoms with E-state index in [1.54, 1.807) is 6.92 Å². The van der Waals surface area contributed by atoms with Gasteiger partial charge in [-0.3, -0.25) is 4.79 Å². The fraction of sp³-hybridized carbons (Fsp3) is 0.462. The summed E-state index contributed by atoms with van der Waals surface area (Å²) in [4.78, 5) is 11.4. The summed E-state index contributed by atoms with van der Waals surface area (Å²) < 4.78 is 23.5. The molecular formula is C13H17FO4. The Morgan fingerprint density at radius 3 is 2.72 bits per heavy atom. The Morgan fingerprint density at radius 1 is 1.50 bits per heavy atom. The average molecular weight is 256 g/mol. The normalized spacial score (nSPS) is 13.8. The second-order valence-electron chi connectivity index (χ2n) is 4.07. The van der Waals surface area contributed by atoms with Crippen LogP contribution < -0.4 is 4.74 Å². The molecule has 0 bridgehead atoms. The zero-order valence-corrected chi connectivity index (χ0v) is 10.7. The predicted octanol–water partition coefficient (Wildman–Crippen LogP) is 1.99. The molecule has 0 radical (unpaired) electrons. The third kappa shape index (κ3) is 3.20. The van der Waals surface area contributed by atoms with Crippen LogP contribution in [0.25, 0.3) is 0 Å². The molecule has 0 aromatic heterocycles. The molecule has 1 aromatic rings. The van der Waals surface area contributed by atoms with Crippen molar-refractivity contribution < 1.29 is 23.8 Å². The second kappa shape index (κ2) is 5.82. The van der Waals surface area contributed by atoms with E-state index in [4.69, 9.17) is 9.47 Å². The molecule has 1 N–H and O–H groups in total. The molecule has 4 nitrogen and oxygen atoms in total. The molecule has 1 atom stereocenters. The summed E-state index contributed by atoms with van der Waals surface area (Å²) in [7, 11) is 1.37. The topological polar surface area (TPSA) is 55.8 Å². The number of halogens is 1. The minimum atomic E-state index is -1.68. The van der Waals surface area contributed by atoms with Gasteiger partial charge in [-0.15, -0.1) is 0 Å². The van der Waals surface area contributed by atoms with Crippen molar-refractivity contribution in [3.63, 3.8) is 0 Å². The van der Waals surface area contributed by atoms with Gasteiger partial charge in [0, 0.05) is 0 Å². The lowest BCUT2D eigenvalue weighted by atomic mass is 9.91. The summed E-state index contributed by atoms with van der Waals surface area (Å²) in [6.45, 7) is 3.23. The van der Waals surface area contributed by atoms with Crippen LogP contribution >= 0.6 is 0 Å². The van der Waals surface area contributed by atoms with E-state index >= 15 is 0 Å². The van der Waals surface area contributed by atoms with Gasteiger partial charge in [0.05, 0.1) is 25.7 Å². The highest BCUT2D eigenvalue weighted by Gasteiger charge is 2.33. The van der Waals surface area contributed by atoms with Crippen LogP contribution in [-0.2, 0) is 15.1 Å². The van der Waals surface area contributed by atoms with Crippen molar-refractivity contribution in [1.29, 1.82) is 0 Å². The smallest absolute Gasteiger partial charge is 0.309 e. The van der Waals surface area contributed by atoms with Gasteiger partial charge in [0.15, 0.2) is 0 Å². The molecule has 1 unspecified atom stereocenters. The van der Waals surface area contributed by atoms with Crippen LogP contribution in [-0.4, -0.2) is 24.8 Å². The minimum absolute atomic E-state index is 0.0412. The van der Waals surface area contributed by atoms with Crippen LogP contribution in [0.1, 0.15) is 25.8 Å². The Labute approximate surface area is 105 Å². The van der Waals surface area contributed by atoms with Gasteiger partial charge in [-0.05, 0) is 26.0 Å². The van der Waals surface area contributed by atoms with Crippen molar-refractivity contribution in [3.8, 4) is 5.75 Å². The lowest BCUT2D eigenvalue weighted by Gasteiger charge is -2.25. The van der Waals surface area contributed by atoms with Gasteiger partial charge < -0.3 is 14.6 Å². The molecule has 0 fully saturated rings. The van der Waals surface area contributed by atoms with E-state index < -0.39 is 17.4 Å². The molecule has 1 rings (SSSR count). The number of carbonyl (C=O) groups is 1. The molecule has 0 spiro atoms. The first-order valence-corrected chi connectivity index (χ1v) is 5.63. The Hall–Kier alpha value is -1.62. The van der Waals surface area contributed by atoms with Crippen LogP contribution in [0.3, 0.4) is 0 Å². The Morgan fingerprint density at radius 2 is 2.17 bits per heavy atom. The minimum Gasteiger partial charge on any atom is -0.496 e. The third-order valence-corrected chi connectivity index (χ3v) is 2.53. The Kier molecular flexibility index (Phi) is 4.67. The highest BCUT2D eigenvalue weighted by Crippen LogP contribution is 2.34. The SMILES string of the molecule is CCOC(=O)CC(C)(O)c1c(F)cccc1OC. The van der Waals surface area contributed by atoms with E-state index in [0.717, 1.165) is 0 Å². The zero-order valence-electron chi connectivity index (χ0n) is 10.7.